The Hall–Kier alpha value is -1.65. The van der Waals surface area contributed by atoms with Crippen molar-refractivity contribution in [1.29, 1.82) is 5.41 Å². The lowest BCUT2D eigenvalue weighted by atomic mass is 10.4. The minimum atomic E-state index is -0.560. The highest BCUT2D eigenvalue weighted by atomic mass is 16.2. The zero-order valence-electron chi connectivity index (χ0n) is 4.97. The normalized spacial score (nSPS) is 9.20. The summed E-state index contributed by atoms with van der Waals surface area (Å²) in [6.07, 6.45) is 2.06. The van der Waals surface area contributed by atoms with Crippen LogP contribution < -0.4 is 11.2 Å². The first-order chi connectivity index (χ1) is 4.74. The Balaban J connectivity index is 3.48. The van der Waals surface area contributed by atoms with Crippen LogP contribution in [0.1, 0.15) is 5.56 Å². The fourth-order valence-corrected chi connectivity index (χ4v) is 0.527. The van der Waals surface area contributed by atoms with Crippen molar-refractivity contribution in [3.8, 4) is 0 Å². The third kappa shape index (κ3) is 1.02. The molecule has 1 heterocycles. The van der Waals surface area contributed by atoms with Gasteiger partial charge in [-0.2, -0.15) is 0 Å². The van der Waals surface area contributed by atoms with Crippen LogP contribution in [0.5, 0.6) is 0 Å². The van der Waals surface area contributed by atoms with Crippen molar-refractivity contribution >= 4 is 6.21 Å². The molecule has 5 nitrogen and oxygen atoms in total. The average molecular weight is 139 g/mol. The minimum absolute atomic E-state index is 0.139. The highest BCUT2D eigenvalue weighted by molar-refractivity contribution is 5.75. The maximum Gasteiger partial charge on any atom is 0.325 e. The van der Waals surface area contributed by atoms with Gasteiger partial charge in [0, 0.05) is 12.4 Å². The predicted octanol–water partition coefficient (Wildman–Crippen LogP) is -0.939. The van der Waals surface area contributed by atoms with Crippen molar-refractivity contribution in [1.82, 2.24) is 9.97 Å². The Kier molecular flexibility index (Phi) is 1.49. The zero-order valence-corrected chi connectivity index (χ0v) is 4.97. The van der Waals surface area contributed by atoms with Crippen LogP contribution >= 0.6 is 0 Å². The molecule has 5 heteroatoms. The molecule has 0 aliphatic rings. The maximum absolute atomic E-state index is 10.6. The lowest BCUT2D eigenvalue weighted by Crippen LogP contribution is -2.24. The van der Waals surface area contributed by atoms with Crippen LogP contribution in [0.2, 0.25) is 0 Å². The first-order valence-corrected chi connectivity index (χ1v) is 2.56. The van der Waals surface area contributed by atoms with E-state index in [4.69, 9.17) is 5.41 Å². The number of hydrogen-bond acceptors (Lipinski definition) is 3. The summed E-state index contributed by atoms with van der Waals surface area (Å²) in [6, 6.07) is 0. The van der Waals surface area contributed by atoms with Crippen molar-refractivity contribution in [2.45, 2.75) is 0 Å². The number of rotatable bonds is 1. The number of hydrogen-bond donors (Lipinski definition) is 3. The Morgan fingerprint density at radius 3 is 2.70 bits per heavy atom. The number of aromatic nitrogens is 2. The van der Waals surface area contributed by atoms with Crippen LogP contribution in [0.25, 0.3) is 0 Å². The quantitative estimate of drug-likeness (QED) is 0.438. The monoisotopic (exact) mass is 139 g/mol. The first kappa shape index (κ1) is 6.47. The minimum Gasteiger partial charge on any atom is -0.313 e. The molecule has 0 spiro atoms. The Morgan fingerprint density at radius 2 is 2.20 bits per heavy atom. The number of nitrogens with one attached hydrogen (secondary N) is 3. The average Bonchev–Trinajstić information content (AvgIpc) is 1.88. The van der Waals surface area contributed by atoms with Gasteiger partial charge < -0.3 is 10.4 Å². The van der Waals surface area contributed by atoms with Gasteiger partial charge in [0.2, 0.25) is 0 Å². The van der Waals surface area contributed by atoms with Crippen molar-refractivity contribution < 1.29 is 0 Å². The van der Waals surface area contributed by atoms with Crippen LogP contribution in [-0.4, -0.2) is 16.2 Å². The van der Waals surface area contributed by atoms with E-state index in [1.54, 1.807) is 0 Å². The highest BCUT2D eigenvalue weighted by Crippen LogP contribution is 1.72. The summed E-state index contributed by atoms with van der Waals surface area (Å²) < 4.78 is 0. The molecule has 1 aromatic rings. The van der Waals surface area contributed by atoms with E-state index in [-0.39, 0.29) is 5.56 Å². The molecule has 52 valence electrons. The second kappa shape index (κ2) is 2.30. The van der Waals surface area contributed by atoms with E-state index >= 15 is 0 Å². The van der Waals surface area contributed by atoms with E-state index < -0.39 is 11.2 Å². The van der Waals surface area contributed by atoms with Crippen molar-refractivity contribution in [2.24, 2.45) is 0 Å². The van der Waals surface area contributed by atoms with Gasteiger partial charge in [0.1, 0.15) is 0 Å². The molecular weight excluding hydrogens is 134 g/mol. The molecule has 0 fully saturated rings. The molecule has 0 aromatic carbocycles. The zero-order chi connectivity index (χ0) is 7.56. The molecule has 10 heavy (non-hydrogen) atoms. The van der Waals surface area contributed by atoms with E-state index in [1.165, 1.54) is 6.20 Å². The predicted molar refractivity (Wildman–Crippen MR) is 35.6 cm³/mol. The molecule has 0 aliphatic heterocycles. The maximum atomic E-state index is 10.6. The third-order valence-corrected chi connectivity index (χ3v) is 1.00. The molecule has 0 amide bonds. The SMILES string of the molecule is N=Cc1c[nH]c(=O)[nH]c1=O. The molecular formula is C5H5N3O2. The molecule has 1 rings (SSSR count). The van der Waals surface area contributed by atoms with Gasteiger partial charge in [-0.25, -0.2) is 4.79 Å². The van der Waals surface area contributed by atoms with E-state index in [2.05, 4.69) is 4.98 Å². The van der Waals surface area contributed by atoms with Crippen LogP contribution in [0.4, 0.5) is 0 Å². The van der Waals surface area contributed by atoms with Crippen molar-refractivity contribution in [3.05, 3.63) is 32.6 Å². The van der Waals surface area contributed by atoms with Crippen LogP contribution in [0.3, 0.4) is 0 Å². The van der Waals surface area contributed by atoms with Crippen LogP contribution in [-0.2, 0) is 0 Å². The van der Waals surface area contributed by atoms with Gasteiger partial charge in [0.15, 0.2) is 0 Å². The van der Waals surface area contributed by atoms with E-state index in [9.17, 15) is 9.59 Å². The van der Waals surface area contributed by atoms with Gasteiger partial charge in [0.05, 0.1) is 5.56 Å². The van der Waals surface area contributed by atoms with E-state index in [0.29, 0.717) is 0 Å². The van der Waals surface area contributed by atoms with Gasteiger partial charge in [-0.1, -0.05) is 0 Å². The van der Waals surface area contributed by atoms with Gasteiger partial charge in [0.25, 0.3) is 5.56 Å². The standard InChI is InChI=1S/C5H5N3O2/c6-1-3-2-7-5(10)8-4(3)9/h1-2,6H,(H2,7,8,9,10). The first-order valence-electron chi connectivity index (χ1n) is 2.56. The summed E-state index contributed by atoms with van der Waals surface area (Å²) >= 11 is 0. The fourth-order valence-electron chi connectivity index (χ4n) is 0.527. The van der Waals surface area contributed by atoms with Crippen molar-refractivity contribution in [2.75, 3.05) is 0 Å². The van der Waals surface area contributed by atoms with Gasteiger partial charge >= 0.3 is 5.69 Å². The van der Waals surface area contributed by atoms with Gasteiger partial charge in [-0.15, -0.1) is 0 Å². The smallest absolute Gasteiger partial charge is 0.313 e. The Bertz CT molecular complexity index is 348. The van der Waals surface area contributed by atoms with E-state index in [0.717, 1.165) is 6.21 Å². The fraction of sp³-hybridized carbons (Fsp3) is 0. The molecule has 0 saturated carbocycles. The number of aromatic amines is 2. The van der Waals surface area contributed by atoms with Gasteiger partial charge in [-0.3, -0.25) is 9.78 Å². The summed E-state index contributed by atoms with van der Waals surface area (Å²) in [4.78, 5) is 25.2. The molecule has 0 atom stereocenters. The van der Waals surface area contributed by atoms with Crippen molar-refractivity contribution in [3.63, 3.8) is 0 Å². The van der Waals surface area contributed by atoms with Crippen LogP contribution in [0, 0.1) is 5.41 Å². The largest absolute Gasteiger partial charge is 0.325 e. The molecule has 0 radical (unpaired) electrons. The molecule has 0 saturated heterocycles. The third-order valence-electron chi connectivity index (χ3n) is 1.00. The van der Waals surface area contributed by atoms with E-state index in [1.807, 2.05) is 4.98 Å². The summed E-state index contributed by atoms with van der Waals surface area (Å²) in [6.45, 7) is 0. The second-order valence-corrected chi connectivity index (χ2v) is 1.67. The number of H-pyrrole nitrogens is 2. The lowest BCUT2D eigenvalue weighted by Gasteiger charge is -1.85. The van der Waals surface area contributed by atoms with Gasteiger partial charge in [-0.05, 0) is 0 Å². The molecule has 3 N–H and O–H groups in total. The molecule has 1 aromatic heterocycles. The second-order valence-electron chi connectivity index (χ2n) is 1.67. The summed E-state index contributed by atoms with van der Waals surface area (Å²) in [5.74, 6) is 0. The van der Waals surface area contributed by atoms with Crippen LogP contribution in [0.15, 0.2) is 15.8 Å². The molecule has 0 unspecified atom stereocenters. The topological polar surface area (TPSA) is 89.6 Å². The summed E-state index contributed by atoms with van der Waals surface area (Å²) in [7, 11) is 0. The molecule has 0 aliphatic carbocycles. The highest BCUT2D eigenvalue weighted by Gasteiger charge is 1.92. The molecule has 0 bridgehead atoms. The summed E-state index contributed by atoms with van der Waals surface area (Å²) in [5, 5.41) is 6.69. The lowest BCUT2D eigenvalue weighted by molar-refractivity contribution is 1.03. The Morgan fingerprint density at radius 1 is 1.50 bits per heavy atom. The summed E-state index contributed by atoms with van der Waals surface area (Å²) in [5.41, 5.74) is -0.964. The Labute approximate surface area is 55.2 Å².